The van der Waals surface area contributed by atoms with E-state index in [-0.39, 0.29) is 0 Å². The van der Waals surface area contributed by atoms with Crippen LogP contribution in [0.2, 0.25) is 0 Å². The van der Waals surface area contributed by atoms with Gasteiger partial charge < -0.3 is 4.55 Å². The van der Waals surface area contributed by atoms with E-state index in [0.29, 0.717) is 16.8 Å². The lowest BCUT2D eigenvalue weighted by atomic mass is 9.72. The van der Waals surface area contributed by atoms with E-state index in [1.54, 1.807) is 6.26 Å². The number of hydrogen-bond donors (Lipinski definition) is 1. The zero-order valence-corrected chi connectivity index (χ0v) is 18.9. The van der Waals surface area contributed by atoms with Gasteiger partial charge in [-0.1, -0.05) is 36.8 Å². The minimum atomic E-state index is -1.03. The number of aromatic amines is 1. The van der Waals surface area contributed by atoms with Crippen molar-refractivity contribution in [3.05, 3.63) is 94.9 Å². The molecular weight excluding hydrogens is 419 g/mol. The molecule has 0 aliphatic heterocycles. The first-order valence-corrected chi connectivity index (χ1v) is 12.4. The monoisotopic (exact) mass is 443 g/mol. The number of rotatable bonds is 5. The Hall–Kier alpha value is -2.89. The Balaban J connectivity index is 1.81. The molecule has 4 aromatic rings. The van der Waals surface area contributed by atoms with Gasteiger partial charge in [-0.2, -0.15) is 4.39 Å². The van der Waals surface area contributed by atoms with Crippen molar-refractivity contribution in [3.63, 3.8) is 0 Å². The lowest BCUT2D eigenvalue weighted by Crippen LogP contribution is -2.16. The highest BCUT2D eigenvalue weighted by atomic mass is 32.2. The van der Waals surface area contributed by atoms with Gasteiger partial charge in [0.15, 0.2) is 4.90 Å². The fourth-order valence-electron chi connectivity index (χ4n) is 4.52. The van der Waals surface area contributed by atoms with Crippen molar-refractivity contribution in [1.29, 1.82) is 0 Å². The number of hydrogen-bond acceptors (Lipinski definition) is 2. The van der Waals surface area contributed by atoms with E-state index in [2.05, 4.69) is 35.3 Å². The molecule has 161 valence electrons. The lowest BCUT2D eigenvalue weighted by molar-refractivity contribution is 0.401. The summed E-state index contributed by atoms with van der Waals surface area (Å²) >= 11 is -1.03. The van der Waals surface area contributed by atoms with Gasteiger partial charge in [-0.05, 0) is 107 Å². The molecule has 1 heterocycles. The second kappa shape index (κ2) is 8.57. The number of benzene rings is 3. The van der Waals surface area contributed by atoms with Gasteiger partial charge in [-0.15, -0.1) is 5.10 Å². The fraction of sp³-hybridized carbons (Fsp3) is 0.222. The Labute approximate surface area is 190 Å². The summed E-state index contributed by atoms with van der Waals surface area (Å²) in [6, 6.07) is 23.2. The van der Waals surface area contributed by atoms with E-state index in [4.69, 9.17) is 0 Å². The zero-order chi connectivity index (χ0) is 22.2. The third-order valence-corrected chi connectivity index (χ3v) is 7.30. The number of nitrogens with one attached hydrogen (secondary N) is 1. The number of fused-ring (bicyclic) bond motifs is 1. The second-order valence-corrected chi connectivity index (χ2v) is 9.78. The van der Waals surface area contributed by atoms with Crippen LogP contribution in [0.25, 0.3) is 22.0 Å². The third-order valence-electron chi connectivity index (χ3n) is 6.39. The first kappa shape index (κ1) is 21.0. The first-order chi connectivity index (χ1) is 15.5. The first-order valence-electron chi connectivity index (χ1n) is 10.8. The molecule has 1 atom stereocenters. The van der Waals surface area contributed by atoms with E-state index in [1.165, 1.54) is 12.0 Å². The molecule has 0 spiro atoms. The quantitative estimate of drug-likeness (QED) is 0.290. The molecule has 5 heteroatoms. The van der Waals surface area contributed by atoms with Gasteiger partial charge in [0.05, 0.1) is 10.9 Å². The van der Waals surface area contributed by atoms with Crippen LogP contribution in [0.4, 0.5) is 4.39 Å². The van der Waals surface area contributed by atoms with Crippen molar-refractivity contribution in [3.8, 4) is 0 Å². The van der Waals surface area contributed by atoms with Gasteiger partial charge in [-0.25, -0.2) is 0 Å². The molecule has 1 radical (unpaired) electrons. The summed E-state index contributed by atoms with van der Waals surface area (Å²) in [5.41, 5.74) is 7.20. The predicted octanol–water partition coefficient (Wildman–Crippen LogP) is 6.31. The summed E-state index contributed by atoms with van der Waals surface area (Å²) < 4.78 is 26.4. The summed E-state index contributed by atoms with van der Waals surface area (Å²) in [7, 11) is 0. The largest absolute Gasteiger partial charge is 0.612 e. The average molecular weight is 444 g/mol. The van der Waals surface area contributed by atoms with Gasteiger partial charge in [0.2, 0.25) is 5.95 Å². The van der Waals surface area contributed by atoms with Crippen LogP contribution in [0.1, 0.15) is 41.5 Å². The average Bonchev–Trinajstić information content (AvgIpc) is 3.13. The van der Waals surface area contributed by atoms with E-state index in [9.17, 15) is 8.94 Å². The summed E-state index contributed by atoms with van der Waals surface area (Å²) in [4.78, 5) is 0.828. The van der Waals surface area contributed by atoms with Crippen molar-refractivity contribution in [2.45, 2.75) is 31.1 Å². The minimum absolute atomic E-state index is 0.417. The Bertz CT molecular complexity index is 1310. The molecule has 0 saturated heterocycles. The van der Waals surface area contributed by atoms with Crippen LogP contribution in [-0.4, -0.2) is 21.0 Å². The van der Waals surface area contributed by atoms with Crippen LogP contribution in [0, 0.1) is 24.9 Å². The molecule has 32 heavy (non-hydrogen) atoms. The highest BCUT2D eigenvalue weighted by molar-refractivity contribution is 7.90. The molecule has 0 amide bonds. The smallest absolute Gasteiger partial charge is 0.240 e. The Morgan fingerprint density at radius 3 is 2.66 bits per heavy atom. The number of nitrogens with zero attached hydrogens (tertiary/aromatic N) is 1. The molecule has 3 aromatic carbocycles. The standard InChI is InChI=1S/C27H24FN2OS/c1-17-15-21(32(2)31)12-13-22(17)26(19-9-6-10-19)25(18-7-4-3-5-8-18)20-11-14-24-23(16-20)27(28)30-29-24/h3-5,7,11-16,19H,6,9-10H2,1-2H3,(H,29,30)/b26-25+. The summed E-state index contributed by atoms with van der Waals surface area (Å²) in [5, 5.41) is 6.96. The van der Waals surface area contributed by atoms with Gasteiger partial charge in [0.25, 0.3) is 0 Å². The fourth-order valence-corrected chi connectivity index (χ4v) is 5.12. The van der Waals surface area contributed by atoms with E-state index in [0.717, 1.165) is 45.6 Å². The number of aryl methyl sites for hydroxylation is 1. The maximum absolute atomic E-state index is 14.3. The molecule has 0 bridgehead atoms. The van der Waals surface area contributed by atoms with Crippen molar-refractivity contribution >= 4 is 33.2 Å². The summed E-state index contributed by atoms with van der Waals surface area (Å²) in [6.07, 6.45) is 5.14. The molecule has 1 fully saturated rings. The topological polar surface area (TPSA) is 51.7 Å². The van der Waals surface area contributed by atoms with E-state index < -0.39 is 17.1 Å². The Morgan fingerprint density at radius 2 is 2.00 bits per heavy atom. The van der Waals surface area contributed by atoms with Crippen molar-refractivity contribution in [2.75, 3.05) is 6.26 Å². The number of allylic oxidation sites excluding steroid dienone is 1. The number of aromatic nitrogens is 2. The molecule has 5 rings (SSSR count). The third kappa shape index (κ3) is 3.76. The Kier molecular flexibility index (Phi) is 5.62. The maximum atomic E-state index is 14.3. The van der Waals surface area contributed by atoms with Gasteiger partial charge in [-0.3, -0.25) is 5.10 Å². The normalized spacial score (nSPS) is 16.0. The van der Waals surface area contributed by atoms with Crippen LogP contribution >= 0.6 is 0 Å². The summed E-state index contributed by atoms with van der Waals surface area (Å²) in [5.74, 6) is -0.0745. The van der Waals surface area contributed by atoms with Crippen molar-refractivity contribution in [1.82, 2.24) is 10.2 Å². The van der Waals surface area contributed by atoms with Crippen molar-refractivity contribution < 1.29 is 8.94 Å². The second-order valence-electron chi connectivity index (χ2n) is 8.40. The molecule has 3 nitrogen and oxygen atoms in total. The number of halogens is 1. The van der Waals surface area contributed by atoms with Crippen LogP contribution in [0.15, 0.2) is 65.6 Å². The van der Waals surface area contributed by atoms with E-state index in [1.807, 2.05) is 48.5 Å². The Morgan fingerprint density at radius 1 is 1.16 bits per heavy atom. The van der Waals surface area contributed by atoms with Gasteiger partial charge >= 0.3 is 0 Å². The lowest BCUT2D eigenvalue weighted by Gasteiger charge is -2.32. The molecule has 1 aromatic heterocycles. The number of H-pyrrole nitrogens is 1. The van der Waals surface area contributed by atoms with Crippen LogP contribution in [0.5, 0.6) is 0 Å². The van der Waals surface area contributed by atoms with Crippen LogP contribution in [0.3, 0.4) is 0 Å². The van der Waals surface area contributed by atoms with Crippen LogP contribution < -0.4 is 0 Å². The predicted molar refractivity (Wildman–Crippen MR) is 128 cm³/mol. The highest BCUT2D eigenvalue weighted by Crippen LogP contribution is 2.46. The SMILES string of the molecule is Cc1cc([S+](C)[O-])ccc1/C(=C(\c1[c]cccc1)c1ccc2[nH]nc(F)c2c1)C1CCC1. The molecule has 1 aliphatic carbocycles. The molecule has 1 N–H and O–H groups in total. The maximum Gasteiger partial charge on any atom is 0.240 e. The highest BCUT2D eigenvalue weighted by Gasteiger charge is 2.28. The molecule has 1 aliphatic rings. The zero-order valence-electron chi connectivity index (χ0n) is 18.1. The van der Waals surface area contributed by atoms with Gasteiger partial charge in [0, 0.05) is 0 Å². The molecule has 1 unspecified atom stereocenters. The molecular formula is C27H24FN2OS. The summed E-state index contributed by atoms with van der Waals surface area (Å²) in [6.45, 7) is 2.08. The van der Waals surface area contributed by atoms with Crippen LogP contribution in [-0.2, 0) is 11.2 Å². The molecule has 1 saturated carbocycles. The van der Waals surface area contributed by atoms with Crippen molar-refractivity contribution in [2.24, 2.45) is 5.92 Å². The van der Waals surface area contributed by atoms with E-state index >= 15 is 0 Å². The van der Waals surface area contributed by atoms with Gasteiger partial charge in [0.1, 0.15) is 6.26 Å². The minimum Gasteiger partial charge on any atom is -0.612 e.